The molecule has 0 saturated heterocycles. The SMILES string of the molecule is CCOc1ccc2c(c1)O/C(=C\c1cccc(OCC)c1OC(=O)c1ccc(C(C)(C)C)cc1)C2=O. The number of carbonyl (C=O) groups is 2. The standard InChI is InChI=1S/C30H30O6/c1-6-33-22-15-16-23-25(18-22)35-26(27(23)31)17-20-9-8-10-24(34-7-2)28(20)36-29(32)19-11-13-21(14-12-19)30(3,4)5/h8-18H,6-7H2,1-5H3/b26-17-. The number of hydrogen-bond donors (Lipinski definition) is 0. The minimum atomic E-state index is -0.523. The van der Waals surface area contributed by atoms with E-state index in [0.717, 1.165) is 5.56 Å². The third-order valence-electron chi connectivity index (χ3n) is 5.73. The molecular weight excluding hydrogens is 456 g/mol. The number of benzene rings is 3. The summed E-state index contributed by atoms with van der Waals surface area (Å²) in [6.07, 6.45) is 1.57. The van der Waals surface area contributed by atoms with Crippen molar-refractivity contribution in [1.82, 2.24) is 0 Å². The lowest BCUT2D eigenvalue weighted by atomic mass is 9.87. The van der Waals surface area contributed by atoms with Gasteiger partial charge in [-0.1, -0.05) is 45.0 Å². The second-order valence-electron chi connectivity index (χ2n) is 9.36. The van der Waals surface area contributed by atoms with Crippen LogP contribution in [0.2, 0.25) is 0 Å². The van der Waals surface area contributed by atoms with Gasteiger partial charge in [0.15, 0.2) is 17.3 Å². The summed E-state index contributed by atoms with van der Waals surface area (Å²) in [4.78, 5) is 26.0. The molecule has 1 heterocycles. The van der Waals surface area contributed by atoms with Crippen molar-refractivity contribution in [3.05, 3.63) is 88.7 Å². The number of fused-ring (bicyclic) bond motifs is 1. The number of esters is 1. The molecule has 3 aromatic carbocycles. The molecule has 0 bridgehead atoms. The van der Waals surface area contributed by atoms with E-state index < -0.39 is 5.97 Å². The van der Waals surface area contributed by atoms with Crippen LogP contribution in [0.1, 0.15) is 66.5 Å². The molecule has 0 spiro atoms. The highest BCUT2D eigenvalue weighted by Crippen LogP contribution is 2.38. The van der Waals surface area contributed by atoms with E-state index in [2.05, 4.69) is 20.8 Å². The molecule has 0 fully saturated rings. The Balaban J connectivity index is 1.65. The molecule has 0 atom stereocenters. The van der Waals surface area contributed by atoms with E-state index in [-0.39, 0.29) is 22.7 Å². The molecule has 0 amide bonds. The number of carbonyl (C=O) groups excluding carboxylic acids is 2. The fraction of sp³-hybridized carbons (Fsp3) is 0.267. The number of rotatable bonds is 7. The topological polar surface area (TPSA) is 71.1 Å². The predicted octanol–water partition coefficient (Wildman–Crippen LogP) is 6.62. The van der Waals surface area contributed by atoms with Crippen molar-refractivity contribution in [2.75, 3.05) is 13.2 Å². The first kappa shape index (κ1) is 25.0. The molecule has 0 N–H and O–H groups in total. The second kappa shape index (κ2) is 10.3. The molecule has 36 heavy (non-hydrogen) atoms. The zero-order valence-corrected chi connectivity index (χ0v) is 21.2. The Hall–Kier alpha value is -4.06. The van der Waals surface area contributed by atoms with Gasteiger partial charge in [0.1, 0.15) is 11.5 Å². The number of allylic oxidation sites excluding steroid dienone is 1. The normalized spacial score (nSPS) is 13.8. The quantitative estimate of drug-likeness (QED) is 0.212. The highest BCUT2D eigenvalue weighted by atomic mass is 16.6. The zero-order valence-electron chi connectivity index (χ0n) is 21.2. The smallest absolute Gasteiger partial charge is 0.343 e. The van der Waals surface area contributed by atoms with Crippen LogP contribution in [-0.4, -0.2) is 25.0 Å². The zero-order chi connectivity index (χ0) is 25.9. The van der Waals surface area contributed by atoms with Crippen molar-refractivity contribution in [2.45, 2.75) is 40.0 Å². The molecule has 1 aliphatic heterocycles. The average Bonchev–Trinajstić information content (AvgIpc) is 3.15. The van der Waals surface area contributed by atoms with Gasteiger partial charge in [0.2, 0.25) is 5.78 Å². The number of Topliss-reactive ketones (excluding diaryl/α,β-unsaturated/α-hetero) is 1. The summed E-state index contributed by atoms with van der Waals surface area (Å²) in [5.41, 5.74) is 2.43. The van der Waals surface area contributed by atoms with Crippen LogP contribution in [-0.2, 0) is 5.41 Å². The van der Waals surface area contributed by atoms with E-state index in [1.54, 1.807) is 54.6 Å². The minimum Gasteiger partial charge on any atom is -0.494 e. The first-order chi connectivity index (χ1) is 17.2. The molecule has 4 rings (SSSR count). The van der Waals surface area contributed by atoms with Crippen LogP contribution in [0.25, 0.3) is 6.08 Å². The van der Waals surface area contributed by atoms with Crippen LogP contribution < -0.4 is 18.9 Å². The first-order valence-electron chi connectivity index (χ1n) is 12.0. The maximum atomic E-state index is 13.1. The maximum absolute atomic E-state index is 13.1. The molecule has 0 radical (unpaired) electrons. The third kappa shape index (κ3) is 5.28. The summed E-state index contributed by atoms with van der Waals surface area (Å²) >= 11 is 0. The Morgan fingerprint density at radius 3 is 2.33 bits per heavy atom. The number of ketones is 1. The minimum absolute atomic E-state index is 0.0296. The molecule has 6 nitrogen and oxygen atoms in total. The van der Waals surface area contributed by atoms with Crippen LogP contribution in [0.5, 0.6) is 23.0 Å². The van der Waals surface area contributed by atoms with Gasteiger partial charge >= 0.3 is 5.97 Å². The lowest BCUT2D eigenvalue weighted by molar-refractivity contribution is 0.0727. The average molecular weight is 487 g/mol. The lowest BCUT2D eigenvalue weighted by Gasteiger charge is -2.19. The van der Waals surface area contributed by atoms with Crippen LogP contribution in [0, 0.1) is 0 Å². The molecule has 6 heteroatoms. The van der Waals surface area contributed by atoms with Crippen molar-refractivity contribution in [2.24, 2.45) is 0 Å². The van der Waals surface area contributed by atoms with Gasteiger partial charge in [-0.15, -0.1) is 0 Å². The highest BCUT2D eigenvalue weighted by molar-refractivity contribution is 6.14. The monoisotopic (exact) mass is 486 g/mol. The van der Waals surface area contributed by atoms with E-state index in [1.165, 1.54) is 0 Å². The van der Waals surface area contributed by atoms with Crippen LogP contribution in [0.4, 0.5) is 0 Å². The predicted molar refractivity (Wildman–Crippen MR) is 138 cm³/mol. The maximum Gasteiger partial charge on any atom is 0.343 e. The molecular formula is C30H30O6. The lowest BCUT2D eigenvalue weighted by Crippen LogP contribution is -2.13. The second-order valence-corrected chi connectivity index (χ2v) is 9.36. The van der Waals surface area contributed by atoms with Crippen molar-refractivity contribution >= 4 is 17.8 Å². The molecule has 186 valence electrons. The highest BCUT2D eigenvalue weighted by Gasteiger charge is 2.29. The summed E-state index contributed by atoms with van der Waals surface area (Å²) < 4.78 is 22.9. The van der Waals surface area contributed by atoms with Crippen LogP contribution in [0.15, 0.2) is 66.4 Å². The van der Waals surface area contributed by atoms with E-state index in [0.29, 0.717) is 47.2 Å². The van der Waals surface area contributed by atoms with Gasteiger partial charge < -0.3 is 18.9 Å². The van der Waals surface area contributed by atoms with Crippen molar-refractivity contribution in [1.29, 1.82) is 0 Å². The van der Waals surface area contributed by atoms with Gasteiger partial charge in [-0.25, -0.2) is 4.79 Å². The number of hydrogen-bond acceptors (Lipinski definition) is 6. The van der Waals surface area contributed by atoms with Crippen molar-refractivity contribution < 1.29 is 28.5 Å². The van der Waals surface area contributed by atoms with E-state index in [9.17, 15) is 9.59 Å². The fourth-order valence-corrected chi connectivity index (χ4v) is 3.85. The number of ether oxygens (including phenoxy) is 4. The Morgan fingerprint density at radius 1 is 0.944 bits per heavy atom. The van der Waals surface area contributed by atoms with Crippen LogP contribution >= 0.6 is 0 Å². The Labute approximate surface area is 211 Å². The van der Waals surface area contributed by atoms with Gasteiger partial charge in [0.05, 0.1) is 24.3 Å². The summed E-state index contributed by atoms with van der Waals surface area (Å²) in [7, 11) is 0. The van der Waals surface area contributed by atoms with Crippen molar-refractivity contribution in [3.8, 4) is 23.0 Å². The van der Waals surface area contributed by atoms with Gasteiger partial charge in [-0.05, 0) is 61.2 Å². The van der Waals surface area contributed by atoms with Gasteiger partial charge in [0, 0.05) is 11.6 Å². The van der Waals surface area contributed by atoms with E-state index in [4.69, 9.17) is 18.9 Å². The summed E-state index contributed by atoms with van der Waals surface area (Å²) in [6, 6.07) is 17.7. The third-order valence-corrected chi connectivity index (χ3v) is 5.73. The summed E-state index contributed by atoms with van der Waals surface area (Å²) in [5, 5.41) is 0. The molecule has 3 aromatic rings. The molecule has 1 aliphatic rings. The largest absolute Gasteiger partial charge is 0.494 e. The van der Waals surface area contributed by atoms with E-state index in [1.807, 2.05) is 26.0 Å². The van der Waals surface area contributed by atoms with Gasteiger partial charge in [-0.2, -0.15) is 0 Å². The van der Waals surface area contributed by atoms with Gasteiger partial charge in [-0.3, -0.25) is 4.79 Å². The summed E-state index contributed by atoms with van der Waals surface area (Å²) in [5.74, 6) is 1.01. The summed E-state index contributed by atoms with van der Waals surface area (Å²) in [6.45, 7) is 11.0. The fourth-order valence-electron chi connectivity index (χ4n) is 3.85. The van der Waals surface area contributed by atoms with E-state index >= 15 is 0 Å². The van der Waals surface area contributed by atoms with Gasteiger partial charge in [0.25, 0.3) is 0 Å². The molecule has 0 aromatic heterocycles. The van der Waals surface area contributed by atoms with Crippen LogP contribution in [0.3, 0.4) is 0 Å². The first-order valence-corrected chi connectivity index (χ1v) is 12.0. The molecule has 0 saturated carbocycles. The number of para-hydroxylation sites is 1. The Bertz CT molecular complexity index is 1310. The van der Waals surface area contributed by atoms with Crippen molar-refractivity contribution in [3.63, 3.8) is 0 Å². The Morgan fingerprint density at radius 2 is 1.67 bits per heavy atom. The molecule has 0 aliphatic carbocycles. The molecule has 0 unspecified atom stereocenters. The Kier molecular flexibility index (Phi) is 7.15.